The van der Waals surface area contributed by atoms with Crippen LogP contribution >= 0.6 is 0 Å². The van der Waals surface area contributed by atoms with Gasteiger partial charge in [-0.1, -0.05) is 13.3 Å². The number of rotatable bonds is 5. The molecule has 0 bridgehead atoms. The predicted octanol–water partition coefficient (Wildman–Crippen LogP) is 2.65. The largest absolute Gasteiger partial charge is 0.351 e. The van der Waals surface area contributed by atoms with E-state index in [1.165, 1.54) is 19.3 Å². The van der Waals surface area contributed by atoms with Crippen LogP contribution in [0.1, 0.15) is 45.4 Å². The van der Waals surface area contributed by atoms with Crippen LogP contribution in [0.2, 0.25) is 0 Å². The fraction of sp³-hybridized carbons (Fsp3) is 1.00. The molecule has 0 unspecified atom stereocenters. The molecule has 1 saturated carbocycles. The highest BCUT2D eigenvalue weighted by Crippen LogP contribution is 2.32. The van der Waals surface area contributed by atoms with Crippen LogP contribution < -0.4 is 0 Å². The molecule has 3 nitrogen and oxygen atoms in total. The van der Waals surface area contributed by atoms with Crippen molar-refractivity contribution in [1.29, 1.82) is 0 Å². The predicted molar refractivity (Wildman–Crippen MR) is 50.2 cm³/mol. The molecule has 0 amide bonds. The van der Waals surface area contributed by atoms with Crippen LogP contribution in [-0.4, -0.2) is 19.5 Å². The second-order valence-corrected chi connectivity index (χ2v) is 3.58. The molecule has 1 fully saturated rings. The van der Waals surface area contributed by atoms with Crippen LogP contribution in [0.3, 0.4) is 0 Å². The van der Waals surface area contributed by atoms with Crippen LogP contribution in [0.5, 0.6) is 0 Å². The van der Waals surface area contributed by atoms with Gasteiger partial charge in [-0.25, -0.2) is 9.78 Å². The lowest BCUT2D eigenvalue weighted by Gasteiger charge is -2.33. The Kier molecular flexibility index (Phi) is 4.70. The summed E-state index contributed by atoms with van der Waals surface area (Å²) >= 11 is 0. The summed E-state index contributed by atoms with van der Waals surface area (Å²) in [5.41, 5.74) is 0. The first kappa shape index (κ1) is 11.0. The maximum Gasteiger partial charge on any atom is 0.201 e. The van der Waals surface area contributed by atoms with E-state index in [2.05, 4.69) is 6.92 Å². The maximum absolute atomic E-state index is 5.38. The van der Waals surface area contributed by atoms with Crippen LogP contribution in [0.25, 0.3) is 0 Å². The number of hydrogen-bond acceptors (Lipinski definition) is 3. The summed E-state index contributed by atoms with van der Waals surface area (Å²) in [6, 6.07) is 0. The molecule has 0 aromatic rings. The third-order valence-electron chi connectivity index (χ3n) is 2.49. The molecular formula is C10H20O3. The lowest BCUT2D eigenvalue weighted by molar-refractivity contribution is -0.431. The van der Waals surface area contributed by atoms with Crippen molar-refractivity contribution in [2.45, 2.75) is 51.2 Å². The van der Waals surface area contributed by atoms with Gasteiger partial charge in [0, 0.05) is 20.0 Å². The quantitative estimate of drug-likeness (QED) is 0.287. The molecule has 78 valence electrons. The summed E-state index contributed by atoms with van der Waals surface area (Å²) in [6.45, 7) is 2.70. The fourth-order valence-electron chi connectivity index (χ4n) is 1.64. The van der Waals surface area contributed by atoms with E-state index < -0.39 is 5.79 Å². The topological polar surface area (TPSA) is 27.7 Å². The lowest BCUT2D eigenvalue weighted by atomic mass is 9.94. The molecule has 1 rings (SSSR count). The zero-order valence-electron chi connectivity index (χ0n) is 8.67. The first-order chi connectivity index (χ1) is 6.33. The summed E-state index contributed by atoms with van der Waals surface area (Å²) in [6.07, 6.45) is 6.50. The van der Waals surface area contributed by atoms with E-state index in [1.807, 2.05) is 0 Å². The highest BCUT2D eigenvalue weighted by atomic mass is 17.2. The molecule has 0 N–H and O–H groups in total. The van der Waals surface area contributed by atoms with Gasteiger partial charge in [0.05, 0.1) is 6.61 Å². The molecule has 0 aromatic heterocycles. The van der Waals surface area contributed by atoms with E-state index in [4.69, 9.17) is 14.5 Å². The van der Waals surface area contributed by atoms with Gasteiger partial charge in [0.1, 0.15) is 0 Å². The highest BCUT2D eigenvalue weighted by Gasteiger charge is 2.34. The standard InChI is InChI=1S/C10H20O3/c1-3-9-12-13-10(11-2)7-5-4-6-8-10/h3-9H2,1-2H3. The van der Waals surface area contributed by atoms with E-state index in [-0.39, 0.29) is 0 Å². The van der Waals surface area contributed by atoms with Gasteiger partial charge in [-0.2, -0.15) is 0 Å². The van der Waals surface area contributed by atoms with Crippen LogP contribution in [-0.2, 0) is 14.5 Å². The third-order valence-corrected chi connectivity index (χ3v) is 2.49. The minimum absolute atomic E-state index is 0.451. The van der Waals surface area contributed by atoms with Crippen molar-refractivity contribution in [3.63, 3.8) is 0 Å². The highest BCUT2D eigenvalue weighted by molar-refractivity contribution is 4.73. The minimum atomic E-state index is -0.451. The van der Waals surface area contributed by atoms with E-state index in [9.17, 15) is 0 Å². The monoisotopic (exact) mass is 188 g/mol. The van der Waals surface area contributed by atoms with E-state index in [0.29, 0.717) is 6.61 Å². The summed E-state index contributed by atoms with van der Waals surface area (Å²) in [7, 11) is 1.70. The Bertz CT molecular complexity index is 130. The Balaban J connectivity index is 2.29. The average Bonchev–Trinajstić information content (AvgIpc) is 2.20. The number of hydrogen-bond donors (Lipinski definition) is 0. The Labute approximate surface area is 80.3 Å². The van der Waals surface area contributed by atoms with E-state index in [0.717, 1.165) is 19.3 Å². The van der Waals surface area contributed by atoms with Crippen LogP contribution in [0.4, 0.5) is 0 Å². The van der Waals surface area contributed by atoms with Crippen molar-refractivity contribution >= 4 is 0 Å². The molecule has 0 saturated heterocycles. The van der Waals surface area contributed by atoms with Crippen LogP contribution in [0, 0.1) is 0 Å². The summed E-state index contributed by atoms with van der Waals surface area (Å²) in [5.74, 6) is -0.451. The molecule has 0 heterocycles. The smallest absolute Gasteiger partial charge is 0.201 e. The molecule has 0 aliphatic heterocycles. The normalized spacial score (nSPS) is 21.7. The molecule has 0 spiro atoms. The van der Waals surface area contributed by atoms with E-state index >= 15 is 0 Å². The zero-order valence-corrected chi connectivity index (χ0v) is 8.67. The van der Waals surface area contributed by atoms with Gasteiger partial charge in [0.15, 0.2) is 0 Å². The molecule has 1 aliphatic carbocycles. The molecule has 0 atom stereocenters. The van der Waals surface area contributed by atoms with Crippen molar-refractivity contribution < 1.29 is 14.5 Å². The average molecular weight is 188 g/mol. The van der Waals surface area contributed by atoms with Gasteiger partial charge in [-0.3, -0.25) is 0 Å². The summed E-state index contributed by atoms with van der Waals surface area (Å²) < 4.78 is 5.38. The lowest BCUT2D eigenvalue weighted by Crippen LogP contribution is -2.37. The van der Waals surface area contributed by atoms with Gasteiger partial charge >= 0.3 is 0 Å². The van der Waals surface area contributed by atoms with Crippen molar-refractivity contribution in [3.8, 4) is 0 Å². The zero-order chi connectivity index (χ0) is 9.57. The molecule has 1 aliphatic rings. The molecule has 3 heteroatoms. The summed E-state index contributed by atoms with van der Waals surface area (Å²) in [4.78, 5) is 10.4. The van der Waals surface area contributed by atoms with E-state index in [1.54, 1.807) is 7.11 Å². The van der Waals surface area contributed by atoms with Crippen molar-refractivity contribution in [3.05, 3.63) is 0 Å². The Morgan fingerprint density at radius 3 is 2.38 bits per heavy atom. The minimum Gasteiger partial charge on any atom is -0.351 e. The van der Waals surface area contributed by atoms with Gasteiger partial charge in [0.25, 0.3) is 0 Å². The van der Waals surface area contributed by atoms with Crippen molar-refractivity contribution in [1.82, 2.24) is 0 Å². The molecular weight excluding hydrogens is 168 g/mol. The fourth-order valence-corrected chi connectivity index (χ4v) is 1.64. The number of ether oxygens (including phenoxy) is 1. The first-order valence-electron chi connectivity index (χ1n) is 5.19. The third kappa shape index (κ3) is 3.25. The van der Waals surface area contributed by atoms with Gasteiger partial charge in [-0.05, 0) is 19.3 Å². The summed E-state index contributed by atoms with van der Waals surface area (Å²) in [5, 5.41) is 0. The second kappa shape index (κ2) is 5.58. The Morgan fingerprint density at radius 2 is 1.85 bits per heavy atom. The molecule has 0 aromatic carbocycles. The van der Waals surface area contributed by atoms with Crippen LogP contribution in [0.15, 0.2) is 0 Å². The maximum atomic E-state index is 5.38. The van der Waals surface area contributed by atoms with Gasteiger partial charge in [-0.15, -0.1) is 0 Å². The molecule has 0 radical (unpaired) electrons. The Morgan fingerprint density at radius 1 is 1.15 bits per heavy atom. The van der Waals surface area contributed by atoms with Gasteiger partial charge < -0.3 is 4.74 Å². The SMILES string of the molecule is CCCOOC1(OC)CCCCC1. The molecule has 13 heavy (non-hydrogen) atoms. The number of methoxy groups -OCH3 is 1. The second-order valence-electron chi connectivity index (χ2n) is 3.58. The van der Waals surface area contributed by atoms with Crippen molar-refractivity contribution in [2.75, 3.05) is 13.7 Å². The van der Waals surface area contributed by atoms with Crippen molar-refractivity contribution in [2.24, 2.45) is 0 Å². The van der Waals surface area contributed by atoms with Gasteiger partial charge in [0.2, 0.25) is 5.79 Å². The first-order valence-corrected chi connectivity index (χ1v) is 5.19. The Hall–Kier alpha value is -0.120.